The van der Waals surface area contributed by atoms with Crippen LogP contribution in [0.5, 0.6) is 0 Å². The first kappa shape index (κ1) is 23.3. The standard InChI is InChI=1S/C4F9.C4H10O3.Sn/c5-1(6)2(7,8)3(9,10)4(11,12)13;1-3-5-7-6-4-2;/h;3-4H2,1-2H3;. The van der Waals surface area contributed by atoms with Gasteiger partial charge in [0.15, 0.2) is 0 Å². The van der Waals surface area contributed by atoms with Gasteiger partial charge in [0, 0.05) is 0 Å². The third-order valence-electron chi connectivity index (χ3n) is 1.48. The molecule has 0 N–H and O–H groups in total. The molecule has 21 heavy (non-hydrogen) atoms. The van der Waals surface area contributed by atoms with Crippen molar-refractivity contribution in [2.24, 2.45) is 0 Å². The summed E-state index contributed by atoms with van der Waals surface area (Å²) in [6, 6.07) is 0. The monoisotopic (exact) mass is 445 g/mol. The van der Waals surface area contributed by atoms with E-state index in [0.717, 1.165) is 0 Å². The van der Waals surface area contributed by atoms with Crippen LogP contribution in [0.3, 0.4) is 0 Å². The molecule has 0 aliphatic rings. The molecular weight excluding hydrogens is 434 g/mol. The van der Waals surface area contributed by atoms with E-state index < -0.39 is 44.5 Å². The van der Waals surface area contributed by atoms with Crippen molar-refractivity contribution >= 4 is 22.5 Å². The van der Waals surface area contributed by atoms with Crippen LogP contribution in [0.2, 0.25) is 0 Å². The molecule has 127 valence electrons. The van der Waals surface area contributed by atoms with E-state index in [-0.39, 0.29) is 0 Å². The minimum atomic E-state index is -6.74. The van der Waals surface area contributed by atoms with Gasteiger partial charge in [0.05, 0.1) is 13.2 Å². The van der Waals surface area contributed by atoms with E-state index in [9.17, 15) is 39.5 Å². The summed E-state index contributed by atoms with van der Waals surface area (Å²) in [5.41, 5.74) is 0. The Bertz CT molecular complexity index is 262. The molecule has 0 aliphatic heterocycles. The summed E-state index contributed by atoms with van der Waals surface area (Å²) in [5.74, 6) is -13.2. The number of halogens is 9. The summed E-state index contributed by atoms with van der Waals surface area (Å²) in [6.07, 6.45) is -6.71. The van der Waals surface area contributed by atoms with E-state index in [0.29, 0.717) is 13.2 Å². The number of alkyl halides is 9. The van der Waals surface area contributed by atoms with Crippen LogP contribution >= 0.6 is 0 Å². The second-order valence-electron chi connectivity index (χ2n) is 3.10. The van der Waals surface area contributed by atoms with Crippen LogP contribution in [0.4, 0.5) is 39.5 Å². The van der Waals surface area contributed by atoms with E-state index in [1.807, 2.05) is 13.8 Å². The summed E-state index contributed by atoms with van der Waals surface area (Å²) in [4.78, 5) is 8.70. The molecule has 0 fully saturated rings. The summed E-state index contributed by atoms with van der Waals surface area (Å²) in [6.45, 7) is 4.66. The van der Waals surface area contributed by atoms with Crippen LogP contribution in [0.15, 0.2) is 0 Å². The van der Waals surface area contributed by atoms with Gasteiger partial charge in [-0.15, -0.1) is 0 Å². The van der Waals surface area contributed by atoms with Gasteiger partial charge in [-0.1, -0.05) is 5.04 Å². The molecule has 0 aromatic rings. The zero-order chi connectivity index (χ0) is 17.5. The van der Waals surface area contributed by atoms with Crippen molar-refractivity contribution in [1.29, 1.82) is 0 Å². The van der Waals surface area contributed by atoms with Crippen molar-refractivity contribution in [3.8, 4) is 0 Å². The molecule has 0 rings (SSSR count). The Hall–Kier alpha value is 0.0487. The van der Waals surface area contributed by atoms with Gasteiger partial charge in [-0.25, -0.2) is 9.78 Å². The third kappa shape index (κ3) is 6.77. The van der Waals surface area contributed by atoms with Crippen LogP contribution in [0, 0.1) is 0 Å². The molecular formula is C8H10F9O3Sn. The van der Waals surface area contributed by atoms with Crippen LogP contribution in [-0.4, -0.2) is 57.7 Å². The first-order chi connectivity index (χ1) is 9.16. The molecule has 0 heterocycles. The van der Waals surface area contributed by atoms with Gasteiger partial charge in [0.25, 0.3) is 0 Å². The van der Waals surface area contributed by atoms with E-state index in [1.54, 1.807) is 0 Å². The second-order valence-corrected chi connectivity index (χ2v) is 4.89. The molecule has 3 radical (unpaired) electrons. The fourth-order valence-electron chi connectivity index (χ4n) is 0.505. The van der Waals surface area contributed by atoms with E-state index >= 15 is 0 Å². The summed E-state index contributed by atoms with van der Waals surface area (Å²) in [7, 11) is 0. The van der Waals surface area contributed by atoms with Crippen molar-refractivity contribution in [3.63, 3.8) is 0 Å². The van der Waals surface area contributed by atoms with Crippen LogP contribution in [0.25, 0.3) is 0 Å². The normalized spacial score (nSPS) is 13.7. The first-order valence-corrected chi connectivity index (χ1v) is 6.45. The summed E-state index contributed by atoms with van der Waals surface area (Å²) in [5, 5.41) is 4.13. The predicted molar refractivity (Wildman–Crippen MR) is 51.0 cm³/mol. The summed E-state index contributed by atoms with van der Waals surface area (Å²) < 4.78 is 100.0. The van der Waals surface area contributed by atoms with Gasteiger partial charge < -0.3 is 0 Å². The maximum atomic E-state index is 12.0. The molecule has 0 unspecified atom stereocenters. The Balaban J connectivity index is 0. The Morgan fingerprint density at radius 1 is 0.714 bits per heavy atom. The predicted octanol–water partition coefficient (Wildman–Crippen LogP) is 3.49. The molecule has 0 aliphatic carbocycles. The Kier molecular flexibility index (Phi) is 9.57. The fourth-order valence-corrected chi connectivity index (χ4v) is 0.953. The van der Waals surface area contributed by atoms with Crippen molar-refractivity contribution in [2.75, 3.05) is 13.2 Å². The Labute approximate surface area is 126 Å². The zero-order valence-electron chi connectivity index (χ0n) is 10.5. The molecule has 13 heteroatoms. The molecule has 3 nitrogen and oxygen atoms in total. The third-order valence-corrected chi connectivity index (χ3v) is 2.37. The molecule has 0 aromatic carbocycles. The molecule has 0 atom stereocenters. The minimum absolute atomic E-state index is 0.514. The van der Waals surface area contributed by atoms with Gasteiger partial charge in [-0.05, 0) is 13.8 Å². The van der Waals surface area contributed by atoms with E-state index in [4.69, 9.17) is 0 Å². The zero-order valence-corrected chi connectivity index (χ0v) is 13.4. The van der Waals surface area contributed by atoms with Crippen LogP contribution < -0.4 is 0 Å². The second kappa shape index (κ2) is 8.62. The molecule has 0 saturated carbocycles. The van der Waals surface area contributed by atoms with Gasteiger partial charge in [0.1, 0.15) is 0 Å². The van der Waals surface area contributed by atoms with Gasteiger partial charge in [0.2, 0.25) is 0 Å². The van der Waals surface area contributed by atoms with Crippen molar-refractivity contribution in [3.05, 3.63) is 0 Å². The SMILES string of the molecule is CCOOOCC.FC(F)(F)C(F)(F)C(F)(F)[C](F)(F)[Sn]. The number of rotatable bonds is 6. The van der Waals surface area contributed by atoms with Gasteiger partial charge in [-0.2, -0.15) is 0 Å². The van der Waals surface area contributed by atoms with E-state index in [1.165, 1.54) is 0 Å². The topological polar surface area (TPSA) is 27.7 Å². The van der Waals surface area contributed by atoms with Crippen molar-refractivity contribution in [1.82, 2.24) is 0 Å². The summed E-state index contributed by atoms with van der Waals surface area (Å²) >= 11 is -1.43. The Morgan fingerprint density at radius 3 is 1.19 bits per heavy atom. The Morgan fingerprint density at radius 2 is 1.05 bits per heavy atom. The molecule has 0 saturated heterocycles. The molecule has 0 aromatic heterocycles. The van der Waals surface area contributed by atoms with E-state index in [2.05, 4.69) is 14.8 Å². The number of hydrogen-bond acceptors (Lipinski definition) is 3. The average molecular weight is 444 g/mol. The van der Waals surface area contributed by atoms with Crippen molar-refractivity contribution in [2.45, 2.75) is 35.8 Å². The quantitative estimate of drug-likeness (QED) is 0.207. The molecule has 0 bridgehead atoms. The van der Waals surface area contributed by atoms with Gasteiger partial charge in [-0.3, -0.25) is 0 Å². The fraction of sp³-hybridized carbons (Fsp3) is 1.00. The first-order valence-electron chi connectivity index (χ1n) is 5.03. The maximum absolute atomic E-state index is 12.0. The number of hydrogen-bond donors (Lipinski definition) is 0. The van der Waals surface area contributed by atoms with Crippen molar-refractivity contribution < 1.29 is 54.3 Å². The van der Waals surface area contributed by atoms with Crippen LogP contribution in [-0.2, 0) is 14.8 Å². The average Bonchev–Trinajstić information content (AvgIpc) is 2.27. The molecule has 0 spiro atoms. The van der Waals surface area contributed by atoms with Crippen LogP contribution in [0.1, 0.15) is 13.8 Å². The molecule has 0 amide bonds. The van der Waals surface area contributed by atoms with Gasteiger partial charge >= 0.3 is 84.0 Å².